The number of carbonyl (C=O) groups excluding carboxylic acids is 4. The van der Waals surface area contributed by atoms with Crippen molar-refractivity contribution in [3.05, 3.63) is 47.3 Å². The summed E-state index contributed by atoms with van der Waals surface area (Å²) in [4.78, 5) is 71.9. The zero-order chi connectivity index (χ0) is 40.2. The van der Waals surface area contributed by atoms with Crippen molar-refractivity contribution in [3.63, 3.8) is 0 Å². The number of nitrogens with zero attached hydrogens (tertiary/aromatic N) is 2. The van der Waals surface area contributed by atoms with Gasteiger partial charge in [0.15, 0.2) is 0 Å². The fraction of sp³-hybridized carbons (Fsp3) is 0.667. The van der Waals surface area contributed by atoms with Gasteiger partial charge in [-0.15, -0.1) is 0 Å². The highest BCUT2D eigenvalue weighted by Gasteiger charge is 2.63. The molecular formula is C39H54FN5O9S. The molecule has 1 saturated heterocycles. The predicted octanol–water partition coefficient (Wildman–Crippen LogP) is 4.75. The van der Waals surface area contributed by atoms with Crippen molar-refractivity contribution in [2.24, 2.45) is 23.7 Å². The highest BCUT2D eigenvalue weighted by molar-refractivity contribution is 7.91. The molecule has 2 saturated carbocycles. The number of rotatable bonds is 6. The van der Waals surface area contributed by atoms with Gasteiger partial charge in [0.2, 0.25) is 21.8 Å². The lowest BCUT2D eigenvalue weighted by molar-refractivity contribution is -0.142. The molecule has 5 amide bonds. The van der Waals surface area contributed by atoms with E-state index in [0.29, 0.717) is 37.7 Å². The quantitative estimate of drug-likeness (QED) is 0.295. The molecule has 1 unspecified atom stereocenters. The number of allylic oxidation sites excluding steroid dienone is 1. The van der Waals surface area contributed by atoms with Crippen molar-refractivity contribution in [3.8, 4) is 0 Å². The molecule has 3 heterocycles. The summed E-state index contributed by atoms with van der Waals surface area (Å²) in [7, 11) is -4.05. The summed E-state index contributed by atoms with van der Waals surface area (Å²) in [6.45, 7) is 10.3. The third-order valence-electron chi connectivity index (χ3n) is 12.2. The topological polar surface area (TPSA) is 192 Å². The lowest BCUT2D eigenvalue weighted by atomic mass is 9.85. The largest absolute Gasteiger partial charge is 0.465 e. The van der Waals surface area contributed by atoms with E-state index in [0.717, 1.165) is 11.3 Å². The average Bonchev–Trinajstić information content (AvgIpc) is 3.89. The van der Waals surface area contributed by atoms with Crippen LogP contribution >= 0.6 is 0 Å². The molecule has 3 aliphatic heterocycles. The minimum absolute atomic E-state index is 0.0527. The normalized spacial score (nSPS) is 32.5. The van der Waals surface area contributed by atoms with E-state index in [4.69, 9.17) is 4.74 Å². The number of benzene rings is 1. The molecule has 0 bridgehead atoms. The second-order valence-electron chi connectivity index (χ2n) is 17.5. The molecule has 14 nitrogen and oxygen atoms in total. The summed E-state index contributed by atoms with van der Waals surface area (Å²) in [5.74, 6) is -4.19. The van der Waals surface area contributed by atoms with Gasteiger partial charge in [0.1, 0.15) is 29.0 Å². The Bertz CT molecular complexity index is 1880. The Morgan fingerprint density at radius 1 is 1.15 bits per heavy atom. The summed E-state index contributed by atoms with van der Waals surface area (Å²) >= 11 is 0. The molecule has 16 heteroatoms. The molecule has 0 aromatic heterocycles. The first-order chi connectivity index (χ1) is 25.7. The fourth-order valence-electron chi connectivity index (χ4n) is 8.61. The van der Waals surface area contributed by atoms with E-state index in [9.17, 15) is 37.5 Å². The lowest BCUT2D eigenvalue weighted by Crippen LogP contribution is -2.59. The van der Waals surface area contributed by atoms with Crippen LogP contribution in [0.4, 0.5) is 14.0 Å². The average molecular weight is 788 g/mol. The number of nitrogens with one attached hydrogen (secondary N) is 3. The van der Waals surface area contributed by atoms with Gasteiger partial charge in [-0.2, -0.15) is 0 Å². The Balaban J connectivity index is 1.40. The third kappa shape index (κ3) is 8.06. The molecule has 3 fully saturated rings. The second-order valence-corrected chi connectivity index (χ2v) is 19.7. The van der Waals surface area contributed by atoms with Gasteiger partial charge in [0.25, 0.3) is 5.91 Å². The van der Waals surface area contributed by atoms with Gasteiger partial charge in [-0.1, -0.05) is 44.6 Å². The van der Waals surface area contributed by atoms with Gasteiger partial charge in [0.05, 0.1) is 17.3 Å². The molecule has 4 N–H and O–H groups in total. The van der Waals surface area contributed by atoms with Crippen molar-refractivity contribution in [1.29, 1.82) is 0 Å². The SMILES string of the molecule is CC[C@@H]1C[C@H](C)CC/C=C\[C@@H]2C[C@@]2(C(=O)NS(=O)(=O)C2(C)CC2)NC(=O)[C@@H]2C[C@@H](C3c4cccc(F)c4CN3C(=O)O)CN2C(=O)[C@H]1NC(=O)OC(C)(C)C. The van der Waals surface area contributed by atoms with Gasteiger partial charge in [-0.3, -0.25) is 24.0 Å². The Morgan fingerprint density at radius 3 is 2.49 bits per heavy atom. The number of hydrogen-bond donors (Lipinski definition) is 4. The molecule has 0 spiro atoms. The van der Waals surface area contributed by atoms with Crippen LogP contribution in [0.5, 0.6) is 0 Å². The summed E-state index contributed by atoms with van der Waals surface area (Å²) in [6.07, 6.45) is 4.95. The summed E-state index contributed by atoms with van der Waals surface area (Å²) in [5, 5.41) is 15.9. The summed E-state index contributed by atoms with van der Waals surface area (Å²) < 4.78 is 48.2. The Morgan fingerprint density at radius 2 is 1.85 bits per heavy atom. The zero-order valence-corrected chi connectivity index (χ0v) is 33.2. The minimum atomic E-state index is -4.05. The minimum Gasteiger partial charge on any atom is -0.465 e. The predicted molar refractivity (Wildman–Crippen MR) is 199 cm³/mol. The molecule has 8 atom stereocenters. The van der Waals surface area contributed by atoms with Gasteiger partial charge in [-0.25, -0.2) is 22.4 Å². The molecule has 6 rings (SSSR count). The maximum atomic E-state index is 15.1. The van der Waals surface area contributed by atoms with E-state index in [1.807, 2.05) is 19.1 Å². The molecule has 1 aromatic rings. The van der Waals surface area contributed by atoms with Gasteiger partial charge >= 0.3 is 12.2 Å². The smallest absolute Gasteiger partial charge is 0.408 e. The van der Waals surface area contributed by atoms with Gasteiger partial charge in [-0.05, 0) is 96.1 Å². The van der Waals surface area contributed by atoms with Crippen LogP contribution in [-0.4, -0.2) is 87.7 Å². The number of halogens is 1. The van der Waals surface area contributed by atoms with Crippen LogP contribution in [0.2, 0.25) is 0 Å². The first-order valence-corrected chi connectivity index (χ1v) is 20.8. The fourth-order valence-corrected chi connectivity index (χ4v) is 9.93. The van der Waals surface area contributed by atoms with E-state index in [-0.39, 0.29) is 43.3 Å². The maximum Gasteiger partial charge on any atom is 0.408 e. The van der Waals surface area contributed by atoms with E-state index in [1.54, 1.807) is 33.8 Å². The molecule has 2 aliphatic carbocycles. The Hall–Kier alpha value is -4.21. The zero-order valence-electron chi connectivity index (χ0n) is 32.4. The second kappa shape index (κ2) is 14.7. The van der Waals surface area contributed by atoms with Gasteiger partial charge < -0.3 is 25.4 Å². The van der Waals surface area contributed by atoms with Crippen molar-refractivity contribution >= 4 is 39.9 Å². The van der Waals surface area contributed by atoms with Crippen LogP contribution in [0.25, 0.3) is 0 Å². The number of sulfonamides is 1. The van der Waals surface area contributed by atoms with E-state index >= 15 is 4.39 Å². The van der Waals surface area contributed by atoms with Crippen LogP contribution in [-0.2, 0) is 35.7 Å². The number of alkyl carbamates (subject to hydrolysis) is 1. The van der Waals surface area contributed by atoms with Crippen molar-refractivity contribution in [2.75, 3.05) is 6.54 Å². The van der Waals surface area contributed by atoms with Gasteiger partial charge in [0, 0.05) is 23.9 Å². The standard InChI is InChI=1S/C39H54FN5O9S/c1-7-23-17-22(2)11-8-9-12-25-19-39(25,34(48)43-55(52,53)38(6)15-16-38)42-32(46)29-18-24(20-44(29)33(47)30(23)41-35(49)54-37(3,4)5)31-26-13-10-14-28(40)27(26)21-45(31)36(50)51/h9-10,12-14,22-25,29-31H,7-8,11,15-21H2,1-6H3,(H,41,49)(H,42,46)(H,43,48)(H,50,51)/b12-9-/t22-,23-,24-,25-,29+,30+,31?,39-/m1/s1. The summed E-state index contributed by atoms with van der Waals surface area (Å²) in [6, 6.07) is 1.11. The number of fused-ring (bicyclic) bond motifs is 3. The molecule has 5 aliphatic rings. The van der Waals surface area contributed by atoms with Crippen LogP contribution in [0, 0.1) is 29.5 Å². The van der Waals surface area contributed by atoms with Crippen LogP contribution in [0.1, 0.15) is 110 Å². The van der Waals surface area contributed by atoms with Crippen LogP contribution in [0.15, 0.2) is 30.4 Å². The molecule has 55 heavy (non-hydrogen) atoms. The molecule has 302 valence electrons. The van der Waals surface area contributed by atoms with Crippen molar-refractivity contribution in [1.82, 2.24) is 25.2 Å². The first kappa shape index (κ1) is 40.5. The van der Waals surface area contributed by atoms with Crippen LogP contribution < -0.4 is 15.4 Å². The number of carboxylic acid groups (broad SMARTS) is 1. The molecular weight excluding hydrogens is 734 g/mol. The Labute approximate surface area is 322 Å². The van der Waals surface area contributed by atoms with E-state index in [1.165, 1.54) is 17.0 Å². The van der Waals surface area contributed by atoms with E-state index < -0.39 is 91.6 Å². The Kier molecular flexibility index (Phi) is 10.8. The monoisotopic (exact) mass is 787 g/mol. The molecule has 1 aromatic carbocycles. The highest BCUT2D eigenvalue weighted by atomic mass is 32.2. The highest BCUT2D eigenvalue weighted by Crippen LogP contribution is 2.49. The van der Waals surface area contributed by atoms with Crippen molar-refractivity contribution < 1.29 is 46.6 Å². The van der Waals surface area contributed by atoms with Crippen molar-refractivity contribution in [2.45, 2.75) is 133 Å². The number of carbonyl (C=O) groups is 5. The van der Waals surface area contributed by atoms with Crippen LogP contribution in [0.3, 0.4) is 0 Å². The van der Waals surface area contributed by atoms with E-state index in [2.05, 4.69) is 22.3 Å². The number of amides is 5. The number of hydrogen-bond acceptors (Lipinski definition) is 8. The maximum absolute atomic E-state index is 15.1. The molecule has 0 radical (unpaired) electrons. The number of ether oxygens (including phenoxy) is 1. The summed E-state index contributed by atoms with van der Waals surface area (Å²) in [5.41, 5.74) is -1.83. The lowest BCUT2D eigenvalue weighted by Gasteiger charge is -2.34. The first-order valence-electron chi connectivity index (χ1n) is 19.3. The third-order valence-corrected chi connectivity index (χ3v) is 14.3.